The van der Waals surface area contributed by atoms with Gasteiger partial charge in [-0.1, -0.05) is 41.1 Å². The molecule has 1 fully saturated rings. The highest BCUT2D eigenvalue weighted by Crippen LogP contribution is 2.27. The maximum absolute atomic E-state index is 3.71. The molecule has 4 heteroatoms. The minimum absolute atomic E-state index is 0.442. The van der Waals surface area contributed by atoms with E-state index in [9.17, 15) is 0 Å². The predicted octanol–water partition coefficient (Wildman–Crippen LogP) is 4.32. The Morgan fingerprint density at radius 3 is 2.90 bits per heavy atom. The van der Waals surface area contributed by atoms with E-state index in [-0.39, 0.29) is 0 Å². The molecule has 0 radical (unpaired) electrons. The van der Waals surface area contributed by atoms with Crippen molar-refractivity contribution in [1.82, 2.24) is 10.2 Å². The van der Waals surface area contributed by atoms with E-state index < -0.39 is 0 Å². The summed E-state index contributed by atoms with van der Waals surface area (Å²) in [6, 6.07) is 9.83. The Labute approximate surface area is 142 Å². The van der Waals surface area contributed by atoms with Crippen molar-refractivity contribution >= 4 is 27.7 Å². The highest BCUT2D eigenvalue weighted by molar-refractivity contribution is 9.10. The summed E-state index contributed by atoms with van der Waals surface area (Å²) in [6.07, 6.45) is 3.69. The maximum Gasteiger partial charge on any atom is 0.0343 e. The molecule has 0 aliphatic carbocycles. The number of nitrogens with zero attached hydrogens (tertiary/aromatic N) is 1. The molecule has 1 aliphatic heterocycles. The van der Waals surface area contributed by atoms with Crippen LogP contribution in [0.1, 0.15) is 37.8 Å². The second-order valence-electron chi connectivity index (χ2n) is 5.81. The summed E-state index contributed by atoms with van der Waals surface area (Å²) in [7, 11) is 2.29. The summed E-state index contributed by atoms with van der Waals surface area (Å²) < 4.78 is 1.22. The molecule has 2 atom stereocenters. The number of benzene rings is 1. The molecular weight excluding hydrogens is 344 g/mol. The average molecular weight is 371 g/mol. The monoisotopic (exact) mass is 370 g/mol. The molecule has 0 saturated carbocycles. The molecule has 0 amide bonds. The van der Waals surface area contributed by atoms with Gasteiger partial charge in [0.1, 0.15) is 0 Å². The minimum atomic E-state index is 0.442. The van der Waals surface area contributed by atoms with E-state index in [4.69, 9.17) is 0 Å². The van der Waals surface area contributed by atoms with Crippen molar-refractivity contribution in [2.75, 3.05) is 31.6 Å². The van der Waals surface area contributed by atoms with Gasteiger partial charge >= 0.3 is 0 Å². The van der Waals surface area contributed by atoms with Crippen LogP contribution in [-0.2, 0) is 0 Å². The van der Waals surface area contributed by atoms with Gasteiger partial charge < -0.3 is 10.2 Å². The quantitative estimate of drug-likeness (QED) is 0.733. The molecule has 1 aliphatic rings. The van der Waals surface area contributed by atoms with E-state index in [1.807, 2.05) is 0 Å². The first-order chi connectivity index (χ1) is 10.2. The van der Waals surface area contributed by atoms with E-state index in [0.29, 0.717) is 6.04 Å². The van der Waals surface area contributed by atoms with E-state index in [0.717, 1.165) is 19.1 Å². The second kappa shape index (κ2) is 9.19. The van der Waals surface area contributed by atoms with Crippen molar-refractivity contribution in [3.05, 3.63) is 34.3 Å². The van der Waals surface area contributed by atoms with Gasteiger partial charge in [-0.05, 0) is 56.8 Å². The van der Waals surface area contributed by atoms with Crippen molar-refractivity contribution in [2.45, 2.75) is 38.3 Å². The molecule has 1 heterocycles. The van der Waals surface area contributed by atoms with Crippen LogP contribution in [0.25, 0.3) is 0 Å². The Hall–Kier alpha value is -0.0300. The zero-order valence-electron chi connectivity index (χ0n) is 13.1. The van der Waals surface area contributed by atoms with E-state index >= 15 is 0 Å². The minimum Gasteiger partial charge on any atom is -0.310 e. The lowest BCUT2D eigenvalue weighted by molar-refractivity contribution is 0.246. The van der Waals surface area contributed by atoms with E-state index in [1.165, 1.54) is 40.8 Å². The average Bonchev–Trinajstić information content (AvgIpc) is 3.02. The van der Waals surface area contributed by atoms with Gasteiger partial charge in [-0.15, -0.1) is 0 Å². The van der Waals surface area contributed by atoms with Crippen LogP contribution in [-0.4, -0.2) is 42.6 Å². The Morgan fingerprint density at radius 1 is 1.43 bits per heavy atom. The Morgan fingerprint density at radius 2 is 2.24 bits per heavy atom. The number of hydrogen-bond acceptors (Lipinski definition) is 3. The zero-order chi connectivity index (χ0) is 15.1. The Bertz CT molecular complexity index is 421. The topological polar surface area (TPSA) is 15.3 Å². The second-order valence-corrected chi connectivity index (χ2v) is 7.82. The van der Waals surface area contributed by atoms with Crippen molar-refractivity contribution in [2.24, 2.45) is 0 Å². The van der Waals surface area contributed by atoms with E-state index in [1.54, 1.807) is 0 Å². The van der Waals surface area contributed by atoms with Gasteiger partial charge in [0.2, 0.25) is 0 Å². The lowest BCUT2D eigenvalue weighted by atomic mass is 10.0. The third kappa shape index (κ3) is 5.27. The summed E-state index contributed by atoms with van der Waals surface area (Å²) >= 11 is 5.80. The van der Waals surface area contributed by atoms with Gasteiger partial charge in [0.25, 0.3) is 0 Å². The highest BCUT2D eigenvalue weighted by atomic mass is 79.9. The van der Waals surface area contributed by atoms with Gasteiger partial charge in [-0.3, -0.25) is 0 Å². The summed E-state index contributed by atoms with van der Waals surface area (Å²) in [6.45, 7) is 4.47. The van der Waals surface area contributed by atoms with Crippen LogP contribution in [0, 0.1) is 0 Å². The number of nitrogens with one attached hydrogen (secondary N) is 1. The Balaban J connectivity index is 1.94. The molecule has 1 N–H and O–H groups in total. The van der Waals surface area contributed by atoms with Crippen molar-refractivity contribution in [3.63, 3.8) is 0 Å². The molecule has 2 unspecified atom stereocenters. The largest absolute Gasteiger partial charge is 0.310 e. The summed E-state index contributed by atoms with van der Waals surface area (Å²) in [5.74, 6) is 2.63. The molecule has 0 aromatic heterocycles. The van der Waals surface area contributed by atoms with Gasteiger partial charge in [0.15, 0.2) is 0 Å². The molecule has 2 nitrogen and oxygen atoms in total. The fourth-order valence-electron chi connectivity index (χ4n) is 2.83. The third-order valence-electron chi connectivity index (χ3n) is 4.22. The van der Waals surface area contributed by atoms with Gasteiger partial charge in [-0.2, -0.15) is 11.8 Å². The van der Waals surface area contributed by atoms with Crippen molar-refractivity contribution in [3.8, 4) is 0 Å². The van der Waals surface area contributed by atoms with Gasteiger partial charge in [0.05, 0.1) is 0 Å². The third-order valence-corrected chi connectivity index (χ3v) is 6.09. The first kappa shape index (κ1) is 17.3. The van der Waals surface area contributed by atoms with Gasteiger partial charge in [-0.25, -0.2) is 0 Å². The molecule has 1 saturated heterocycles. The normalized spacial score (nSPS) is 20.1. The summed E-state index contributed by atoms with van der Waals surface area (Å²) in [4.78, 5) is 2.55. The number of hydrogen-bond donors (Lipinski definition) is 1. The molecule has 0 spiro atoms. The summed E-state index contributed by atoms with van der Waals surface area (Å²) in [5.41, 5.74) is 1.39. The zero-order valence-corrected chi connectivity index (χ0v) is 15.5. The predicted molar refractivity (Wildman–Crippen MR) is 98.2 cm³/mol. The fourth-order valence-corrected chi connectivity index (χ4v) is 4.69. The van der Waals surface area contributed by atoms with Crippen LogP contribution in [0.5, 0.6) is 0 Å². The Kier molecular flexibility index (Phi) is 7.58. The maximum atomic E-state index is 3.71. The molecular formula is C17H27BrN2S. The molecule has 2 rings (SSSR count). The number of thioether (sulfide) groups is 1. The van der Waals surface area contributed by atoms with Crippen molar-refractivity contribution in [1.29, 1.82) is 0 Å². The molecule has 1 aromatic rings. The van der Waals surface area contributed by atoms with Crippen LogP contribution in [0.4, 0.5) is 0 Å². The van der Waals surface area contributed by atoms with Crippen LogP contribution in [0.15, 0.2) is 28.7 Å². The van der Waals surface area contributed by atoms with Crippen LogP contribution < -0.4 is 5.32 Å². The standard InChI is InChI=1S/C17H27BrN2S/c1-3-10-19-17(15-6-4-5-7-16(15)18)8-11-20(2)14-9-12-21-13-14/h4-7,14,17,19H,3,8-13H2,1-2H3. The molecule has 0 bridgehead atoms. The van der Waals surface area contributed by atoms with Crippen molar-refractivity contribution < 1.29 is 0 Å². The van der Waals surface area contributed by atoms with Gasteiger partial charge in [0, 0.05) is 22.3 Å². The SMILES string of the molecule is CCCNC(CCN(C)C1CCSC1)c1ccccc1Br. The van der Waals surface area contributed by atoms with Crippen LogP contribution >= 0.6 is 27.7 Å². The van der Waals surface area contributed by atoms with E-state index in [2.05, 4.69) is 76.1 Å². The first-order valence-corrected chi connectivity index (χ1v) is 9.93. The smallest absolute Gasteiger partial charge is 0.0343 e. The number of halogens is 1. The van der Waals surface area contributed by atoms with Crippen LogP contribution in [0.3, 0.4) is 0 Å². The highest BCUT2D eigenvalue weighted by Gasteiger charge is 2.21. The molecule has 118 valence electrons. The molecule has 21 heavy (non-hydrogen) atoms. The lowest BCUT2D eigenvalue weighted by Crippen LogP contribution is -2.34. The summed E-state index contributed by atoms with van der Waals surface area (Å²) in [5, 5.41) is 3.71. The number of rotatable bonds is 8. The molecule has 1 aromatic carbocycles. The fraction of sp³-hybridized carbons (Fsp3) is 0.647. The first-order valence-electron chi connectivity index (χ1n) is 7.98. The lowest BCUT2D eigenvalue weighted by Gasteiger charge is -2.27. The van der Waals surface area contributed by atoms with Crippen LogP contribution in [0.2, 0.25) is 0 Å².